The summed E-state index contributed by atoms with van der Waals surface area (Å²) in [5, 5.41) is 58.3. The van der Waals surface area contributed by atoms with Gasteiger partial charge in [-0.1, -0.05) is 30.3 Å². The predicted molar refractivity (Wildman–Crippen MR) is 181 cm³/mol. The number of rotatable bonds is 8. The molecule has 2 fully saturated rings. The Kier molecular flexibility index (Phi) is 14.3. The normalized spacial score (nSPS) is 30.4. The van der Waals surface area contributed by atoms with Gasteiger partial charge in [-0.3, -0.25) is 9.59 Å². The molecule has 1 aromatic carbocycles. The van der Waals surface area contributed by atoms with Crippen LogP contribution in [0.15, 0.2) is 41.6 Å². The molecule has 2 unspecified atom stereocenters. The van der Waals surface area contributed by atoms with E-state index in [1.165, 1.54) is 6.07 Å². The number of nitrogens with one attached hydrogen (secondary N) is 1. The van der Waals surface area contributed by atoms with E-state index in [1.54, 1.807) is 43.1 Å². The largest absolute Gasteiger partial charge is 0.508 e. The van der Waals surface area contributed by atoms with Crippen molar-refractivity contribution in [3.8, 4) is 11.5 Å². The van der Waals surface area contributed by atoms with Crippen LogP contribution in [0.25, 0.3) is 0 Å². The Morgan fingerprint density at radius 1 is 1.08 bits per heavy atom. The van der Waals surface area contributed by atoms with E-state index in [9.17, 15) is 39.9 Å². The number of thioether (sulfide) groups is 1. The number of fused-ring (bicyclic) bond motifs is 1. The van der Waals surface area contributed by atoms with E-state index in [-0.39, 0.29) is 59.8 Å². The molecule has 15 heteroatoms. The van der Waals surface area contributed by atoms with Crippen LogP contribution in [0.1, 0.15) is 61.9 Å². The van der Waals surface area contributed by atoms with Crippen LogP contribution in [0, 0.1) is 5.92 Å². The molecule has 49 heavy (non-hydrogen) atoms. The second-order valence-electron chi connectivity index (χ2n) is 12.5. The van der Waals surface area contributed by atoms with Crippen molar-refractivity contribution >= 4 is 35.3 Å². The number of aliphatic hydroxyl groups excluding tert-OH is 3. The molecule has 0 spiro atoms. The first kappa shape index (κ1) is 38.2. The first-order chi connectivity index (χ1) is 23.5. The van der Waals surface area contributed by atoms with Crippen molar-refractivity contribution in [2.75, 3.05) is 32.1 Å². The van der Waals surface area contributed by atoms with Gasteiger partial charge in [0, 0.05) is 37.9 Å². The quantitative estimate of drug-likeness (QED) is 0.130. The number of allylic oxidation sites excluding steroid dienone is 1. The smallest absolute Gasteiger partial charge is 0.342 e. The average molecular weight is 706 g/mol. The summed E-state index contributed by atoms with van der Waals surface area (Å²) in [7, 11) is 0. The van der Waals surface area contributed by atoms with Gasteiger partial charge in [0.05, 0.1) is 36.3 Å². The van der Waals surface area contributed by atoms with Crippen molar-refractivity contribution in [1.82, 2.24) is 10.2 Å². The molecule has 6 N–H and O–H groups in total. The number of carbonyl (C=O) groups is 3. The van der Waals surface area contributed by atoms with Gasteiger partial charge in [0.1, 0.15) is 34.7 Å². The molecule has 2 amide bonds. The Morgan fingerprint density at radius 2 is 1.84 bits per heavy atom. The van der Waals surface area contributed by atoms with Crippen molar-refractivity contribution in [1.29, 1.82) is 0 Å². The molecule has 14 nitrogen and oxygen atoms in total. The molecule has 2 saturated heterocycles. The van der Waals surface area contributed by atoms with Gasteiger partial charge in [0.2, 0.25) is 5.91 Å². The molecule has 7 atom stereocenters. The molecule has 4 rings (SSSR count). The number of esters is 1. The minimum Gasteiger partial charge on any atom is -0.508 e. The Balaban J connectivity index is 1.50. The molecule has 0 aliphatic carbocycles. The fourth-order valence-corrected chi connectivity index (χ4v) is 6.83. The van der Waals surface area contributed by atoms with Crippen molar-refractivity contribution in [3.63, 3.8) is 0 Å². The van der Waals surface area contributed by atoms with Crippen molar-refractivity contribution in [2.24, 2.45) is 11.1 Å². The molecule has 0 bridgehead atoms. The Bertz CT molecular complexity index is 1400. The highest BCUT2D eigenvalue weighted by Crippen LogP contribution is 2.32. The van der Waals surface area contributed by atoms with E-state index < -0.39 is 53.5 Å². The number of phenolic OH excluding ortho intramolecular Hbond substituents is 2. The predicted octanol–water partition coefficient (Wildman–Crippen LogP) is 1.77. The van der Waals surface area contributed by atoms with Crippen molar-refractivity contribution in [3.05, 3.63) is 47.6 Å². The van der Waals surface area contributed by atoms with E-state index in [0.717, 1.165) is 37.1 Å². The summed E-state index contributed by atoms with van der Waals surface area (Å²) in [6, 6.07) is 1.87. The van der Waals surface area contributed by atoms with E-state index in [2.05, 4.69) is 10.5 Å². The molecular formula is C34H47N3O11S. The van der Waals surface area contributed by atoms with Gasteiger partial charge in [-0.15, -0.1) is 11.8 Å². The minimum atomic E-state index is -1.24. The summed E-state index contributed by atoms with van der Waals surface area (Å²) in [6.07, 6.45) is 6.70. The number of nitrogens with zero attached hydrogens (tertiary/aromatic N) is 2. The van der Waals surface area contributed by atoms with Gasteiger partial charge >= 0.3 is 5.97 Å². The molecule has 270 valence electrons. The van der Waals surface area contributed by atoms with Crippen molar-refractivity contribution < 1.29 is 54.2 Å². The lowest BCUT2D eigenvalue weighted by atomic mass is 9.92. The summed E-state index contributed by atoms with van der Waals surface area (Å²) in [5.41, 5.74) is -0.534. The number of hydrogen-bond donors (Lipinski definition) is 6. The lowest BCUT2D eigenvalue weighted by Crippen LogP contribution is -2.53. The number of oxime groups is 1. The lowest BCUT2D eigenvalue weighted by Gasteiger charge is -2.40. The number of cyclic esters (lactones) is 1. The Morgan fingerprint density at radius 3 is 2.57 bits per heavy atom. The number of ether oxygens (including phenoxy) is 2. The first-order valence-corrected chi connectivity index (χ1v) is 17.6. The minimum absolute atomic E-state index is 0.0678. The first-order valence-electron chi connectivity index (χ1n) is 16.6. The van der Waals surface area contributed by atoms with E-state index in [4.69, 9.17) is 14.3 Å². The lowest BCUT2D eigenvalue weighted by molar-refractivity contribution is -0.176. The number of hydrogen-bond acceptors (Lipinski definition) is 13. The maximum atomic E-state index is 13.2. The standard InChI is InChI=1S/C34H47N3O11S/c1-20-8-6-9-23(35-28(41)19-49-34-32(44)31(43)21(2)27(17-38)48-34)10-7-11-24(36-46-18-29(42)37-12-4-3-5-13-37)14-22-15-25(39)16-26(40)30(22)33(45)47-20/h6-7,9,11,15-16,20-21,23,27,31-32,34,38-40,43-44H,3-5,8,10,12-14,17-19H2,1-2H3,(H,35,41)/b9-6+,11-7+,36-24-/t20-,21-,23-,27?,31?,32+,34+/m1/s1. The second-order valence-corrected chi connectivity index (χ2v) is 13.6. The van der Waals surface area contributed by atoms with Crippen LogP contribution in [-0.4, -0.2) is 122 Å². The maximum absolute atomic E-state index is 13.2. The summed E-state index contributed by atoms with van der Waals surface area (Å²) in [4.78, 5) is 46.0. The zero-order chi connectivity index (χ0) is 35.5. The third-order valence-corrected chi connectivity index (χ3v) is 9.80. The molecule has 3 aliphatic rings. The number of amides is 2. The van der Waals surface area contributed by atoms with Crippen LogP contribution in [-0.2, 0) is 30.3 Å². The second kappa shape index (κ2) is 18.4. The molecular weight excluding hydrogens is 658 g/mol. The molecule has 1 aromatic rings. The molecule has 3 heterocycles. The third kappa shape index (κ3) is 10.9. The molecule has 0 radical (unpaired) electrons. The van der Waals surface area contributed by atoms with Gasteiger partial charge < -0.3 is 50.1 Å². The maximum Gasteiger partial charge on any atom is 0.342 e. The van der Waals surface area contributed by atoms with Crippen LogP contribution in [0.4, 0.5) is 0 Å². The summed E-state index contributed by atoms with van der Waals surface area (Å²) in [6.45, 7) is 4.04. The van der Waals surface area contributed by atoms with Gasteiger partial charge in [-0.05, 0) is 50.3 Å². The topological polar surface area (TPSA) is 208 Å². The van der Waals surface area contributed by atoms with Crippen LogP contribution in [0.3, 0.4) is 0 Å². The summed E-state index contributed by atoms with van der Waals surface area (Å²) in [5.74, 6) is -2.67. The highest BCUT2D eigenvalue weighted by Gasteiger charge is 2.42. The number of carbonyl (C=O) groups excluding carboxylic acids is 3. The fourth-order valence-electron chi connectivity index (χ4n) is 5.85. The molecule has 0 saturated carbocycles. The van der Waals surface area contributed by atoms with Crippen LogP contribution in [0.5, 0.6) is 11.5 Å². The zero-order valence-corrected chi connectivity index (χ0v) is 28.6. The van der Waals surface area contributed by atoms with Gasteiger partial charge in [0.15, 0.2) is 6.61 Å². The monoisotopic (exact) mass is 705 g/mol. The van der Waals surface area contributed by atoms with E-state index in [0.29, 0.717) is 25.9 Å². The number of piperidine rings is 1. The van der Waals surface area contributed by atoms with Crippen LogP contribution in [0.2, 0.25) is 0 Å². The Hall–Kier alpha value is -3.63. The number of aromatic hydroxyl groups is 2. The SMILES string of the molecule is C[C@@H]1C(CO)O[C@@H](SCC(=O)N[C@@H]2/C=C/C[C@@H](C)OC(=O)c3c(O)cc(O)cc3CC(=N\OCC(=O)N3CCCCC3)/C=C/C2)[C@@H](O)C1O. The molecule has 3 aliphatic heterocycles. The molecule has 0 aromatic heterocycles. The van der Waals surface area contributed by atoms with Gasteiger partial charge in [0.25, 0.3) is 5.91 Å². The average Bonchev–Trinajstić information content (AvgIpc) is 3.06. The van der Waals surface area contributed by atoms with Crippen LogP contribution >= 0.6 is 11.8 Å². The van der Waals surface area contributed by atoms with Gasteiger partial charge in [-0.2, -0.15) is 0 Å². The zero-order valence-electron chi connectivity index (χ0n) is 27.8. The summed E-state index contributed by atoms with van der Waals surface area (Å²) >= 11 is 1.01. The third-order valence-electron chi connectivity index (χ3n) is 8.65. The number of likely N-dealkylation sites (tertiary alicyclic amines) is 1. The fraction of sp³-hybridized carbons (Fsp3) is 0.588. The highest BCUT2D eigenvalue weighted by atomic mass is 32.2. The van der Waals surface area contributed by atoms with E-state index >= 15 is 0 Å². The summed E-state index contributed by atoms with van der Waals surface area (Å²) < 4.78 is 11.3. The number of aliphatic hydroxyl groups is 3. The van der Waals surface area contributed by atoms with E-state index in [1.807, 2.05) is 0 Å². The van der Waals surface area contributed by atoms with Crippen LogP contribution < -0.4 is 5.32 Å². The number of phenols is 2. The van der Waals surface area contributed by atoms with Crippen molar-refractivity contribution in [2.45, 2.75) is 88.3 Å². The Labute approximate surface area is 289 Å². The van der Waals surface area contributed by atoms with Gasteiger partial charge in [-0.25, -0.2) is 4.79 Å². The number of benzene rings is 1. The highest BCUT2D eigenvalue weighted by molar-refractivity contribution is 8.00.